The molecule has 8 nitrogen and oxygen atoms in total. The zero-order valence-electron chi connectivity index (χ0n) is 16.7. The third-order valence-electron chi connectivity index (χ3n) is 5.11. The number of benzene rings is 1. The molecule has 0 spiro atoms. The summed E-state index contributed by atoms with van der Waals surface area (Å²) < 4.78 is 30.8. The monoisotopic (exact) mass is 416 g/mol. The van der Waals surface area contributed by atoms with Gasteiger partial charge in [0.2, 0.25) is 5.91 Å². The molecule has 1 fully saturated rings. The molecular formula is C20H24N4O4S. The van der Waals surface area contributed by atoms with Crippen molar-refractivity contribution in [2.45, 2.75) is 45.1 Å². The van der Waals surface area contributed by atoms with Crippen LogP contribution in [-0.2, 0) is 26.5 Å². The van der Waals surface area contributed by atoms with Crippen LogP contribution in [0.4, 0.5) is 5.82 Å². The van der Waals surface area contributed by atoms with E-state index in [1.807, 2.05) is 45.0 Å². The summed E-state index contributed by atoms with van der Waals surface area (Å²) in [5.74, 6) is 0.428. The van der Waals surface area contributed by atoms with Crippen LogP contribution in [-0.4, -0.2) is 40.8 Å². The average molecular weight is 417 g/mol. The lowest BCUT2D eigenvalue weighted by atomic mass is 9.92. The molecule has 1 unspecified atom stereocenters. The zero-order chi connectivity index (χ0) is 20.8. The number of amides is 1. The van der Waals surface area contributed by atoms with Crippen molar-refractivity contribution in [1.29, 1.82) is 0 Å². The van der Waals surface area contributed by atoms with Gasteiger partial charge in [-0.3, -0.25) is 4.79 Å². The maximum atomic E-state index is 12.7. The Kier molecular flexibility index (Phi) is 4.72. The Morgan fingerprint density at radius 1 is 1.31 bits per heavy atom. The van der Waals surface area contributed by atoms with E-state index in [-0.39, 0.29) is 35.3 Å². The van der Waals surface area contributed by atoms with Gasteiger partial charge in [-0.25, -0.2) is 13.1 Å². The number of rotatable bonds is 4. The van der Waals surface area contributed by atoms with Crippen LogP contribution in [0.5, 0.6) is 0 Å². The predicted molar refractivity (Wildman–Crippen MR) is 110 cm³/mol. The number of para-hydroxylation sites is 1. The van der Waals surface area contributed by atoms with Crippen molar-refractivity contribution in [3.8, 4) is 0 Å². The Morgan fingerprint density at radius 3 is 2.76 bits per heavy atom. The number of fused-ring (bicyclic) bond motifs is 1. The van der Waals surface area contributed by atoms with E-state index in [1.54, 1.807) is 10.7 Å². The molecular weight excluding hydrogens is 392 g/mol. The number of aromatic nitrogens is 3. The van der Waals surface area contributed by atoms with Gasteiger partial charge in [-0.05, 0) is 18.6 Å². The summed E-state index contributed by atoms with van der Waals surface area (Å²) in [6.45, 7) is 6.08. The van der Waals surface area contributed by atoms with Crippen LogP contribution in [0.1, 0.15) is 44.6 Å². The number of sulfone groups is 1. The number of anilines is 1. The lowest BCUT2D eigenvalue weighted by Gasteiger charge is -2.15. The van der Waals surface area contributed by atoms with Gasteiger partial charge in [0, 0.05) is 16.9 Å². The van der Waals surface area contributed by atoms with E-state index in [9.17, 15) is 13.2 Å². The molecule has 1 atom stereocenters. The highest BCUT2D eigenvalue weighted by Crippen LogP contribution is 2.31. The minimum Gasteiger partial charge on any atom is -0.356 e. The lowest BCUT2D eigenvalue weighted by molar-refractivity contribution is -0.115. The molecule has 0 aliphatic carbocycles. The number of carbonyl (C=O) groups is 1. The van der Waals surface area contributed by atoms with Crippen molar-refractivity contribution in [2.24, 2.45) is 0 Å². The predicted octanol–water partition coefficient (Wildman–Crippen LogP) is 2.86. The van der Waals surface area contributed by atoms with Crippen molar-refractivity contribution < 1.29 is 17.7 Å². The standard InChI is InChI=1S/C20H24N4O4S/c1-20(2,3)17-11-18(24(22-17)13-8-9-29(26,27)12-13)21-19(25)10-15-14-6-4-5-7-16(14)28-23-15/h4-7,11,13H,8-10,12H2,1-3H3,(H,21,25). The highest BCUT2D eigenvalue weighted by molar-refractivity contribution is 7.91. The minimum absolute atomic E-state index is 0.0368. The first-order valence-corrected chi connectivity index (χ1v) is 11.4. The van der Waals surface area contributed by atoms with Gasteiger partial charge in [-0.1, -0.05) is 38.1 Å². The molecule has 1 aliphatic heterocycles. The van der Waals surface area contributed by atoms with E-state index in [2.05, 4.69) is 15.6 Å². The van der Waals surface area contributed by atoms with Gasteiger partial charge in [-0.2, -0.15) is 5.10 Å². The third kappa shape index (κ3) is 4.05. The number of nitrogens with one attached hydrogen (secondary N) is 1. The fourth-order valence-corrected chi connectivity index (χ4v) is 5.20. The van der Waals surface area contributed by atoms with Crippen LogP contribution in [0.3, 0.4) is 0 Å². The highest BCUT2D eigenvalue weighted by Gasteiger charge is 2.33. The molecule has 4 rings (SSSR count). The molecule has 9 heteroatoms. The molecule has 3 aromatic rings. The van der Waals surface area contributed by atoms with Gasteiger partial charge in [0.05, 0.1) is 29.7 Å². The molecule has 1 aromatic carbocycles. The first kappa shape index (κ1) is 19.6. The second-order valence-electron chi connectivity index (χ2n) is 8.52. The van der Waals surface area contributed by atoms with Gasteiger partial charge in [0.25, 0.3) is 0 Å². The van der Waals surface area contributed by atoms with Crippen LogP contribution in [0, 0.1) is 0 Å². The fourth-order valence-electron chi connectivity index (χ4n) is 3.51. The van der Waals surface area contributed by atoms with Crippen LogP contribution < -0.4 is 5.32 Å². The van der Waals surface area contributed by atoms with E-state index >= 15 is 0 Å². The van der Waals surface area contributed by atoms with E-state index in [0.717, 1.165) is 11.1 Å². The van der Waals surface area contributed by atoms with Gasteiger partial charge in [0.15, 0.2) is 15.4 Å². The fraction of sp³-hybridized carbons (Fsp3) is 0.450. The molecule has 2 aromatic heterocycles. The van der Waals surface area contributed by atoms with Crippen molar-refractivity contribution in [2.75, 3.05) is 16.8 Å². The summed E-state index contributed by atoms with van der Waals surface area (Å²) >= 11 is 0. The molecule has 1 saturated heterocycles. The van der Waals surface area contributed by atoms with E-state index in [0.29, 0.717) is 23.5 Å². The highest BCUT2D eigenvalue weighted by atomic mass is 32.2. The van der Waals surface area contributed by atoms with Crippen LogP contribution in [0.2, 0.25) is 0 Å². The minimum atomic E-state index is -3.08. The summed E-state index contributed by atoms with van der Waals surface area (Å²) in [5, 5.41) is 12.3. The summed E-state index contributed by atoms with van der Waals surface area (Å²) in [5.41, 5.74) is 1.75. The van der Waals surface area contributed by atoms with E-state index in [1.165, 1.54) is 0 Å². The van der Waals surface area contributed by atoms with Crippen molar-refractivity contribution >= 4 is 32.5 Å². The van der Waals surface area contributed by atoms with Gasteiger partial charge < -0.3 is 9.84 Å². The SMILES string of the molecule is CC(C)(C)c1cc(NC(=O)Cc2noc3ccccc23)n(C2CCS(=O)(=O)C2)n1. The molecule has 3 heterocycles. The molecule has 1 N–H and O–H groups in total. The quantitative estimate of drug-likeness (QED) is 0.701. The van der Waals surface area contributed by atoms with Crippen LogP contribution in [0.15, 0.2) is 34.9 Å². The molecule has 1 amide bonds. The summed E-state index contributed by atoms with van der Waals surface area (Å²) in [4.78, 5) is 12.7. The maximum Gasteiger partial charge on any atom is 0.231 e. The van der Waals surface area contributed by atoms with Gasteiger partial charge in [-0.15, -0.1) is 0 Å². The smallest absolute Gasteiger partial charge is 0.231 e. The van der Waals surface area contributed by atoms with Gasteiger partial charge >= 0.3 is 0 Å². The zero-order valence-corrected chi connectivity index (χ0v) is 17.5. The molecule has 1 aliphatic rings. The van der Waals surface area contributed by atoms with E-state index < -0.39 is 9.84 Å². The molecule has 29 heavy (non-hydrogen) atoms. The van der Waals surface area contributed by atoms with E-state index in [4.69, 9.17) is 4.52 Å². The molecule has 0 radical (unpaired) electrons. The number of hydrogen-bond donors (Lipinski definition) is 1. The summed E-state index contributed by atoms with van der Waals surface area (Å²) in [7, 11) is -3.08. The molecule has 154 valence electrons. The first-order chi connectivity index (χ1) is 13.6. The molecule has 0 bridgehead atoms. The Morgan fingerprint density at radius 2 is 2.07 bits per heavy atom. The maximum absolute atomic E-state index is 12.7. The Balaban J connectivity index is 1.60. The average Bonchev–Trinajstić information content (AvgIpc) is 3.32. The number of hydrogen-bond acceptors (Lipinski definition) is 6. The topological polar surface area (TPSA) is 107 Å². The Hall–Kier alpha value is -2.68. The third-order valence-corrected chi connectivity index (χ3v) is 6.86. The first-order valence-electron chi connectivity index (χ1n) is 9.56. The second-order valence-corrected chi connectivity index (χ2v) is 10.7. The van der Waals surface area contributed by atoms with Crippen LogP contribution >= 0.6 is 0 Å². The van der Waals surface area contributed by atoms with Crippen molar-refractivity contribution in [3.63, 3.8) is 0 Å². The number of carbonyl (C=O) groups excluding carboxylic acids is 1. The molecule has 0 saturated carbocycles. The Labute approximate surface area is 169 Å². The Bertz CT molecular complexity index is 1170. The lowest BCUT2D eigenvalue weighted by Crippen LogP contribution is -2.21. The largest absolute Gasteiger partial charge is 0.356 e. The van der Waals surface area contributed by atoms with Crippen molar-refractivity contribution in [3.05, 3.63) is 41.7 Å². The van der Waals surface area contributed by atoms with Crippen molar-refractivity contribution in [1.82, 2.24) is 14.9 Å². The summed E-state index contributed by atoms with van der Waals surface area (Å²) in [6.07, 6.45) is 0.542. The van der Waals surface area contributed by atoms with Crippen LogP contribution in [0.25, 0.3) is 11.0 Å². The number of nitrogens with zero attached hydrogens (tertiary/aromatic N) is 3. The summed E-state index contributed by atoms with van der Waals surface area (Å²) in [6, 6.07) is 8.92. The second kappa shape index (κ2) is 6.98. The van der Waals surface area contributed by atoms with Gasteiger partial charge in [0.1, 0.15) is 11.5 Å². The normalized spacial score (nSPS) is 18.9.